The number of rotatable bonds is 4. The van der Waals surface area contributed by atoms with Crippen molar-refractivity contribution in [2.45, 2.75) is 44.2 Å². The lowest BCUT2D eigenvalue weighted by molar-refractivity contribution is -0.138. The van der Waals surface area contributed by atoms with Crippen molar-refractivity contribution in [2.24, 2.45) is 0 Å². The van der Waals surface area contributed by atoms with E-state index in [1.165, 1.54) is 60.8 Å². The van der Waals surface area contributed by atoms with E-state index in [1.807, 2.05) is 11.0 Å². The van der Waals surface area contributed by atoms with Gasteiger partial charge in [-0.1, -0.05) is 55.7 Å². The van der Waals surface area contributed by atoms with Crippen LogP contribution in [-0.4, -0.2) is 56.6 Å². The summed E-state index contributed by atoms with van der Waals surface area (Å²) in [4.78, 5) is 25.3. The van der Waals surface area contributed by atoms with Crippen molar-refractivity contribution in [3.63, 3.8) is 0 Å². The summed E-state index contributed by atoms with van der Waals surface area (Å²) in [6.45, 7) is 1.34. The summed E-state index contributed by atoms with van der Waals surface area (Å²) in [5.41, 5.74) is 2.05. The Morgan fingerprint density at radius 2 is 1.59 bits per heavy atom. The first kappa shape index (κ1) is 25.3. The molecule has 7 nitrogen and oxygen atoms in total. The summed E-state index contributed by atoms with van der Waals surface area (Å²) in [5, 5.41) is 4.72. The molecule has 0 unspecified atom stereocenters. The highest BCUT2D eigenvalue weighted by Crippen LogP contribution is 2.34. The number of carbonyl (C=O) groups is 1. The molecule has 0 radical (unpaired) electrons. The van der Waals surface area contributed by atoms with Gasteiger partial charge in [0.05, 0.1) is 16.8 Å². The second kappa shape index (κ2) is 10.3. The van der Waals surface area contributed by atoms with Gasteiger partial charge in [0.25, 0.3) is 11.7 Å². The molecule has 10 heteroatoms. The quantitative estimate of drug-likeness (QED) is 0.330. The topological polar surface area (TPSA) is 66.6 Å². The number of hydrogen-bond donors (Lipinski definition) is 0. The standard InChI is InChI=1S/C29H29F3N6O/c30-29(31,32)24-9-5-4-8-23(24)26(39)36-16-18-37(19-17-36)28-34-27-33-15-14-25(38(27)35-28)22-12-10-21(11-13-22)20-6-2-1-3-7-20/h4-5,8-15,20H,1-3,6-7,16-19H2. The van der Waals surface area contributed by atoms with Crippen molar-refractivity contribution >= 4 is 17.6 Å². The lowest BCUT2D eigenvalue weighted by Crippen LogP contribution is -2.49. The molecule has 1 amide bonds. The molecule has 4 aromatic rings. The van der Waals surface area contributed by atoms with Crippen LogP contribution in [0.4, 0.5) is 19.1 Å². The van der Waals surface area contributed by atoms with Crippen molar-refractivity contribution in [1.29, 1.82) is 0 Å². The highest BCUT2D eigenvalue weighted by Gasteiger charge is 2.36. The number of amides is 1. The second-order valence-corrected chi connectivity index (χ2v) is 10.2. The second-order valence-electron chi connectivity index (χ2n) is 10.2. The molecular weight excluding hydrogens is 505 g/mol. The van der Waals surface area contributed by atoms with Crippen LogP contribution in [0.1, 0.15) is 59.5 Å². The van der Waals surface area contributed by atoms with Gasteiger partial charge in [-0.25, -0.2) is 4.98 Å². The maximum atomic E-state index is 13.4. The van der Waals surface area contributed by atoms with Crippen LogP contribution < -0.4 is 4.90 Å². The molecule has 2 aliphatic rings. The molecule has 3 heterocycles. The molecule has 0 atom stereocenters. The Balaban J connectivity index is 1.18. The van der Waals surface area contributed by atoms with Crippen molar-refractivity contribution in [2.75, 3.05) is 31.1 Å². The average Bonchev–Trinajstić information content (AvgIpc) is 3.42. The van der Waals surface area contributed by atoms with Crippen molar-refractivity contribution in [3.8, 4) is 11.3 Å². The number of benzene rings is 2. The third-order valence-corrected chi connectivity index (χ3v) is 7.83. The monoisotopic (exact) mass is 534 g/mol. The van der Waals surface area contributed by atoms with E-state index in [0.717, 1.165) is 17.3 Å². The SMILES string of the molecule is O=C(c1ccccc1C(F)(F)F)N1CCN(c2nc3nccc(-c4ccc(C5CCCCC5)cc4)n3n2)CC1. The van der Waals surface area contributed by atoms with E-state index in [0.29, 0.717) is 30.7 Å². The molecule has 0 N–H and O–H groups in total. The normalized spacial score (nSPS) is 17.1. The highest BCUT2D eigenvalue weighted by molar-refractivity contribution is 5.96. The fourth-order valence-corrected chi connectivity index (χ4v) is 5.69. The Labute approximate surface area is 224 Å². The van der Waals surface area contributed by atoms with Gasteiger partial charge in [-0.2, -0.15) is 22.7 Å². The van der Waals surface area contributed by atoms with Gasteiger partial charge in [-0.15, -0.1) is 5.10 Å². The summed E-state index contributed by atoms with van der Waals surface area (Å²) in [6, 6.07) is 15.5. The zero-order valence-corrected chi connectivity index (χ0v) is 21.4. The number of aromatic nitrogens is 4. The Bertz CT molecular complexity index is 1470. The predicted molar refractivity (Wildman–Crippen MR) is 142 cm³/mol. The van der Waals surface area contributed by atoms with Gasteiger partial charge in [0.2, 0.25) is 5.95 Å². The summed E-state index contributed by atoms with van der Waals surface area (Å²) in [7, 11) is 0. The van der Waals surface area contributed by atoms with Crippen molar-refractivity contribution in [3.05, 3.63) is 77.5 Å². The number of anilines is 1. The van der Waals surface area contributed by atoms with E-state index >= 15 is 0 Å². The molecule has 2 aromatic heterocycles. The number of carbonyl (C=O) groups excluding carboxylic acids is 1. The highest BCUT2D eigenvalue weighted by atomic mass is 19.4. The van der Waals surface area contributed by atoms with Crippen LogP contribution in [0, 0.1) is 0 Å². The van der Waals surface area contributed by atoms with E-state index in [4.69, 9.17) is 5.10 Å². The van der Waals surface area contributed by atoms with Crippen LogP contribution in [0.25, 0.3) is 17.0 Å². The van der Waals surface area contributed by atoms with E-state index in [1.54, 1.807) is 10.7 Å². The maximum Gasteiger partial charge on any atom is 0.417 e. The lowest BCUT2D eigenvalue weighted by atomic mass is 9.84. The Kier molecular flexibility index (Phi) is 6.70. The van der Waals surface area contributed by atoms with Gasteiger partial charge in [0, 0.05) is 37.9 Å². The van der Waals surface area contributed by atoms with Crippen LogP contribution in [0.2, 0.25) is 0 Å². The van der Waals surface area contributed by atoms with Gasteiger partial charge in [-0.3, -0.25) is 4.79 Å². The van der Waals surface area contributed by atoms with E-state index in [2.05, 4.69) is 34.2 Å². The number of hydrogen-bond acceptors (Lipinski definition) is 5. The van der Waals surface area contributed by atoms with Gasteiger partial charge in [0.1, 0.15) is 0 Å². The maximum absolute atomic E-state index is 13.4. The molecule has 1 aliphatic carbocycles. The Hall–Kier alpha value is -3.95. The Morgan fingerprint density at radius 1 is 0.872 bits per heavy atom. The average molecular weight is 535 g/mol. The Morgan fingerprint density at radius 3 is 2.31 bits per heavy atom. The first-order valence-electron chi connectivity index (χ1n) is 13.4. The van der Waals surface area contributed by atoms with Gasteiger partial charge in [-0.05, 0) is 42.5 Å². The summed E-state index contributed by atoms with van der Waals surface area (Å²) in [5.74, 6) is 0.968. The van der Waals surface area contributed by atoms with Crippen LogP contribution in [0.15, 0.2) is 60.8 Å². The molecule has 1 aliphatic heterocycles. The molecule has 2 aromatic carbocycles. The molecule has 2 fully saturated rings. The van der Waals surface area contributed by atoms with E-state index < -0.39 is 17.6 Å². The largest absolute Gasteiger partial charge is 0.417 e. The van der Waals surface area contributed by atoms with Gasteiger partial charge in [0.15, 0.2) is 0 Å². The number of fused-ring (bicyclic) bond motifs is 1. The van der Waals surface area contributed by atoms with Gasteiger partial charge < -0.3 is 9.80 Å². The first-order chi connectivity index (χ1) is 18.9. The minimum atomic E-state index is -4.59. The molecule has 202 valence electrons. The minimum Gasteiger partial charge on any atom is -0.336 e. The van der Waals surface area contributed by atoms with Crippen molar-refractivity contribution < 1.29 is 18.0 Å². The molecular formula is C29H29F3N6O. The van der Waals surface area contributed by atoms with Crippen LogP contribution in [0.5, 0.6) is 0 Å². The van der Waals surface area contributed by atoms with Crippen LogP contribution >= 0.6 is 0 Å². The predicted octanol–water partition coefficient (Wildman–Crippen LogP) is 5.82. The summed E-state index contributed by atoms with van der Waals surface area (Å²) < 4.78 is 42.0. The van der Waals surface area contributed by atoms with E-state index in [-0.39, 0.29) is 18.7 Å². The number of piperazine rings is 1. The smallest absolute Gasteiger partial charge is 0.336 e. The molecule has 0 bridgehead atoms. The number of halogens is 3. The molecule has 39 heavy (non-hydrogen) atoms. The third-order valence-electron chi connectivity index (χ3n) is 7.83. The molecule has 0 spiro atoms. The third kappa shape index (κ3) is 5.07. The van der Waals surface area contributed by atoms with Crippen LogP contribution in [0.3, 0.4) is 0 Å². The first-order valence-corrected chi connectivity index (χ1v) is 13.4. The minimum absolute atomic E-state index is 0.267. The summed E-state index contributed by atoms with van der Waals surface area (Å²) >= 11 is 0. The lowest BCUT2D eigenvalue weighted by Gasteiger charge is -2.34. The zero-order chi connectivity index (χ0) is 27.0. The zero-order valence-electron chi connectivity index (χ0n) is 21.4. The fourth-order valence-electron chi connectivity index (χ4n) is 5.69. The number of alkyl halides is 3. The number of nitrogens with zero attached hydrogens (tertiary/aromatic N) is 6. The van der Waals surface area contributed by atoms with E-state index in [9.17, 15) is 18.0 Å². The molecule has 1 saturated heterocycles. The fraction of sp³-hybridized carbons (Fsp3) is 0.379. The van der Waals surface area contributed by atoms with Crippen molar-refractivity contribution in [1.82, 2.24) is 24.5 Å². The van der Waals surface area contributed by atoms with Gasteiger partial charge >= 0.3 is 6.18 Å². The molecule has 6 rings (SSSR count). The van der Waals surface area contributed by atoms with Crippen LogP contribution in [-0.2, 0) is 6.18 Å². The summed E-state index contributed by atoms with van der Waals surface area (Å²) in [6.07, 6.45) is 3.54. The molecule has 1 saturated carbocycles.